The lowest BCUT2D eigenvalue weighted by Crippen LogP contribution is -2.29. The van der Waals surface area contributed by atoms with Crippen molar-refractivity contribution in [3.8, 4) is 0 Å². The third-order valence-corrected chi connectivity index (χ3v) is 3.30. The summed E-state index contributed by atoms with van der Waals surface area (Å²) >= 11 is 0. The maximum Gasteiger partial charge on any atom is 0.231 e. The Balaban J connectivity index is 2.01. The smallest absolute Gasteiger partial charge is 0.231 e. The normalized spacial score (nSPS) is 23.9. The van der Waals surface area contributed by atoms with Gasteiger partial charge in [-0.2, -0.15) is 5.10 Å². The zero-order chi connectivity index (χ0) is 12.3. The maximum atomic E-state index is 12.1. The SMILES string of the molecule is CCc1cn[nH]c1NC(=O)C1CCOC1CC. The van der Waals surface area contributed by atoms with Crippen molar-refractivity contribution >= 4 is 11.7 Å². The fourth-order valence-electron chi connectivity index (χ4n) is 2.25. The van der Waals surface area contributed by atoms with Gasteiger partial charge >= 0.3 is 0 Å². The summed E-state index contributed by atoms with van der Waals surface area (Å²) in [5.74, 6) is 0.723. The molecule has 0 radical (unpaired) electrons. The van der Waals surface area contributed by atoms with Crippen LogP contribution in [0.25, 0.3) is 0 Å². The number of nitrogens with zero attached hydrogens (tertiary/aromatic N) is 1. The topological polar surface area (TPSA) is 67.0 Å². The molecule has 2 rings (SSSR count). The highest BCUT2D eigenvalue weighted by Gasteiger charge is 2.33. The number of anilines is 1. The summed E-state index contributed by atoms with van der Waals surface area (Å²) in [7, 11) is 0. The standard InChI is InChI=1S/C12H19N3O2/c1-3-8-7-13-15-11(8)14-12(16)9-5-6-17-10(9)4-2/h7,9-10H,3-6H2,1-2H3,(H2,13,14,15,16). The second-order valence-electron chi connectivity index (χ2n) is 4.33. The minimum Gasteiger partial charge on any atom is -0.377 e. The molecule has 2 atom stereocenters. The monoisotopic (exact) mass is 237 g/mol. The predicted molar refractivity (Wildman–Crippen MR) is 64.7 cm³/mol. The number of carbonyl (C=O) groups is 1. The predicted octanol–water partition coefficient (Wildman–Crippen LogP) is 1.73. The average molecular weight is 237 g/mol. The number of hydrogen-bond acceptors (Lipinski definition) is 3. The van der Waals surface area contributed by atoms with E-state index in [1.54, 1.807) is 6.20 Å². The summed E-state index contributed by atoms with van der Waals surface area (Å²) in [4.78, 5) is 12.1. The highest BCUT2D eigenvalue weighted by Crippen LogP contribution is 2.25. The minimum absolute atomic E-state index is 0.0343. The molecule has 0 aromatic carbocycles. The van der Waals surface area contributed by atoms with Gasteiger partial charge in [0.05, 0.1) is 18.2 Å². The van der Waals surface area contributed by atoms with Crippen molar-refractivity contribution in [2.75, 3.05) is 11.9 Å². The fourth-order valence-corrected chi connectivity index (χ4v) is 2.25. The van der Waals surface area contributed by atoms with Gasteiger partial charge in [-0.15, -0.1) is 0 Å². The first kappa shape index (κ1) is 12.1. The molecule has 5 nitrogen and oxygen atoms in total. The van der Waals surface area contributed by atoms with Crippen LogP contribution in [-0.4, -0.2) is 28.8 Å². The number of hydrogen-bond donors (Lipinski definition) is 2. The van der Waals surface area contributed by atoms with E-state index in [1.165, 1.54) is 0 Å². The summed E-state index contributed by atoms with van der Waals surface area (Å²) in [5.41, 5.74) is 1.03. The molecule has 2 heterocycles. The second kappa shape index (κ2) is 5.31. The Hall–Kier alpha value is -1.36. The number of rotatable bonds is 4. The van der Waals surface area contributed by atoms with Crippen LogP contribution in [0.1, 0.15) is 32.3 Å². The van der Waals surface area contributed by atoms with Crippen LogP contribution in [0.2, 0.25) is 0 Å². The van der Waals surface area contributed by atoms with Gasteiger partial charge in [-0.3, -0.25) is 9.89 Å². The molecule has 2 unspecified atom stereocenters. The summed E-state index contributed by atoms with van der Waals surface area (Å²) in [5, 5.41) is 9.67. The zero-order valence-electron chi connectivity index (χ0n) is 10.3. The maximum absolute atomic E-state index is 12.1. The van der Waals surface area contributed by atoms with E-state index in [9.17, 15) is 4.79 Å². The number of aryl methyl sites for hydroxylation is 1. The third kappa shape index (κ3) is 2.49. The number of carbonyl (C=O) groups excluding carboxylic acids is 1. The summed E-state index contributed by atoms with van der Waals surface area (Å²) < 4.78 is 5.52. The van der Waals surface area contributed by atoms with E-state index in [1.807, 2.05) is 13.8 Å². The van der Waals surface area contributed by atoms with Crippen LogP contribution in [0.3, 0.4) is 0 Å². The van der Waals surface area contributed by atoms with Gasteiger partial charge in [0.1, 0.15) is 5.82 Å². The molecule has 94 valence electrons. The van der Waals surface area contributed by atoms with Gasteiger partial charge in [0.15, 0.2) is 0 Å². The van der Waals surface area contributed by atoms with E-state index in [2.05, 4.69) is 15.5 Å². The average Bonchev–Trinajstić information content (AvgIpc) is 2.96. The van der Waals surface area contributed by atoms with E-state index >= 15 is 0 Å². The molecule has 0 saturated carbocycles. The van der Waals surface area contributed by atoms with Crippen molar-refractivity contribution in [2.45, 2.75) is 39.2 Å². The van der Waals surface area contributed by atoms with Gasteiger partial charge in [-0.05, 0) is 19.3 Å². The second-order valence-corrected chi connectivity index (χ2v) is 4.33. The number of ether oxygens (including phenoxy) is 1. The van der Waals surface area contributed by atoms with Crippen LogP contribution in [0.15, 0.2) is 6.20 Å². The Kier molecular flexibility index (Phi) is 3.78. The molecule has 1 saturated heterocycles. The quantitative estimate of drug-likeness (QED) is 0.838. The van der Waals surface area contributed by atoms with Crippen molar-refractivity contribution in [3.05, 3.63) is 11.8 Å². The molecule has 17 heavy (non-hydrogen) atoms. The summed E-state index contributed by atoms with van der Waals surface area (Å²) in [6.45, 7) is 4.76. The molecule has 1 fully saturated rings. The molecule has 1 aromatic rings. The fraction of sp³-hybridized carbons (Fsp3) is 0.667. The lowest BCUT2D eigenvalue weighted by molar-refractivity contribution is -0.121. The van der Waals surface area contributed by atoms with Gasteiger partial charge in [-0.25, -0.2) is 0 Å². The van der Waals surface area contributed by atoms with E-state index < -0.39 is 0 Å². The van der Waals surface area contributed by atoms with Crippen LogP contribution >= 0.6 is 0 Å². The molecule has 1 aliphatic rings. The Bertz CT molecular complexity index is 389. The van der Waals surface area contributed by atoms with Gasteiger partial charge in [0.25, 0.3) is 0 Å². The van der Waals surface area contributed by atoms with Crippen LogP contribution < -0.4 is 5.32 Å². The van der Waals surface area contributed by atoms with Gasteiger partial charge < -0.3 is 10.1 Å². The Morgan fingerprint density at radius 3 is 3.18 bits per heavy atom. The first-order valence-corrected chi connectivity index (χ1v) is 6.21. The van der Waals surface area contributed by atoms with Crippen molar-refractivity contribution in [1.29, 1.82) is 0 Å². The van der Waals surface area contributed by atoms with Crippen molar-refractivity contribution in [2.24, 2.45) is 5.92 Å². The lowest BCUT2D eigenvalue weighted by atomic mass is 9.98. The molecule has 0 aliphatic carbocycles. The summed E-state index contributed by atoms with van der Waals surface area (Å²) in [6.07, 6.45) is 4.34. The first-order valence-electron chi connectivity index (χ1n) is 6.21. The molecule has 0 bridgehead atoms. The number of nitrogens with one attached hydrogen (secondary N) is 2. The van der Waals surface area contributed by atoms with Crippen molar-refractivity contribution in [1.82, 2.24) is 10.2 Å². The van der Waals surface area contributed by atoms with Crippen LogP contribution in [0, 0.1) is 5.92 Å². The molecule has 5 heteroatoms. The van der Waals surface area contributed by atoms with Crippen LogP contribution in [-0.2, 0) is 16.0 Å². The van der Waals surface area contributed by atoms with Gasteiger partial charge in [0.2, 0.25) is 5.91 Å². The molecule has 0 spiro atoms. The number of aromatic amines is 1. The van der Waals surface area contributed by atoms with E-state index in [0.29, 0.717) is 6.61 Å². The zero-order valence-corrected chi connectivity index (χ0v) is 10.3. The minimum atomic E-state index is -0.0343. The highest BCUT2D eigenvalue weighted by molar-refractivity contribution is 5.92. The number of H-pyrrole nitrogens is 1. The lowest BCUT2D eigenvalue weighted by Gasteiger charge is -2.16. The molecule has 1 aliphatic heterocycles. The van der Waals surface area contributed by atoms with Gasteiger partial charge in [0, 0.05) is 12.2 Å². The number of aromatic nitrogens is 2. The molecular weight excluding hydrogens is 218 g/mol. The molecule has 1 amide bonds. The van der Waals surface area contributed by atoms with E-state index in [4.69, 9.17) is 4.74 Å². The van der Waals surface area contributed by atoms with E-state index in [0.717, 1.165) is 30.6 Å². The summed E-state index contributed by atoms with van der Waals surface area (Å²) in [6, 6.07) is 0. The van der Waals surface area contributed by atoms with Crippen LogP contribution in [0.5, 0.6) is 0 Å². The van der Waals surface area contributed by atoms with Crippen molar-refractivity contribution < 1.29 is 9.53 Å². The molecular formula is C12H19N3O2. The highest BCUT2D eigenvalue weighted by atomic mass is 16.5. The Labute approximate surface area is 101 Å². The first-order chi connectivity index (χ1) is 8.26. The molecule has 1 aromatic heterocycles. The number of amides is 1. The van der Waals surface area contributed by atoms with E-state index in [-0.39, 0.29) is 17.9 Å². The van der Waals surface area contributed by atoms with Crippen LogP contribution in [0.4, 0.5) is 5.82 Å². The third-order valence-electron chi connectivity index (χ3n) is 3.30. The van der Waals surface area contributed by atoms with Gasteiger partial charge in [-0.1, -0.05) is 13.8 Å². The van der Waals surface area contributed by atoms with Crippen molar-refractivity contribution in [3.63, 3.8) is 0 Å². The molecule has 2 N–H and O–H groups in total. The largest absolute Gasteiger partial charge is 0.377 e. The Morgan fingerprint density at radius 2 is 2.47 bits per heavy atom. The Morgan fingerprint density at radius 1 is 1.65 bits per heavy atom.